The largest absolute Gasteiger partial charge is 0.378 e. The molecular weight excluding hydrogens is 354 g/mol. The molecule has 3 aromatic rings. The fourth-order valence-corrected chi connectivity index (χ4v) is 2.79. The molecule has 148 valence electrons. The van der Waals surface area contributed by atoms with Crippen molar-refractivity contribution in [1.29, 1.82) is 0 Å². The lowest BCUT2D eigenvalue weighted by atomic mass is 10.2. The maximum atomic E-state index is 11.8. The van der Waals surface area contributed by atoms with Crippen molar-refractivity contribution in [1.82, 2.24) is 24.7 Å². The fourth-order valence-electron chi connectivity index (χ4n) is 2.79. The van der Waals surface area contributed by atoms with Crippen molar-refractivity contribution in [2.45, 2.75) is 32.7 Å². The maximum Gasteiger partial charge on any atom is 0.223 e. The van der Waals surface area contributed by atoms with Crippen molar-refractivity contribution >= 4 is 23.1 Å². The molecule has 8 heteroatoms. The summed E-state index contributed by atoms with van der Waals surface area (Å²) in [6, 6.07) is 12.1. The van der Waals surface area contributed by atoms with E-state index in [0.717, 1.165) is 11.5 Å². The quantitative estimate of drug-likeness (QED) is 0.624. The van der Waals surface area contributed by atoms with Gasteiger partial charge in [0.2, 0.25) is 11.6 Å². The summed E-state index contributed by atoms with van der Waals surface area (Å²) >= 11 is 0. The molecule has 0 saturated heterocycles. The molecule has 0 aliphatic carbocycles. The van der Waals surface area contributed by atoms with Crippen LogP contribution in [0, 0.1) is 0 Å². The van der Waals surface area contributed by atoms with Crippen LogP contribution >= 0.6 is 0 Å². The van der Waals surface area contributed by atoms with Gasteiger partial charge in [-0.2, -0.15) is 4.52 Å². The second-order valence-electron chi connectivity index (χ2n) is 7.20. The van der Waals surface area contributed by atoms with Gasteiger partial charge in [-0.1, -0.05) is 44.2 Å². The van der Waals surface area contributed by atoms with E-state index in [1.165, 1.54) is 5.56 Å². The minimum atomic E-state index is 0.0724. The molecule has 0 unspecified atom stereocenters. The summed E-state index contributed by atoms with van der Waals surface area (Å²) in [6.45, 7) is 5.30. The molecule has 2 heterocycles. The Morgan fingerprint density at radius 1 is 1.14 bits per heavy atom. The lowest BCUT2D eigenvalue weighted by Gasteiger charge is -2.13. The number of rotatable bonds is 8. The van der Waals surface area contributed by atoms with Crippen LogP contribution in [0.2, 0.25) is 0 Å². The van der Waals surface area contributed by atoms with Crippen LogP contribution in [0.4, 0.5) is 11.5 Å². The second kappa shape index (κ2) is 8.69. The van der Waals surface area contributed by atoms with E-state index in [2.05, 4.69) is 51.9 Å². The lowest BCUT2D eigenvalue weighted by Crippen LogP contribution is -2.24. The number of hydrogen-bond acceptors (Lipinski definition) is 6. The first-order valence-corrected chi connectivity index (χ1v) is 9.44. The third-order valence-electron chi connectivity index (χ3n) is 4.38. The van der Waals surface area contributed by atoms with Gasteiger partial charge in [-0.3, -0.25) is 4.79 Å². The van der Waals surface area contributed by atoms with Gasteiger partial charge < -0.3 is 15.5 Å². The van der Waals surface area contributed by atoms with Crippen molar-refractivity contribution in [3.8, 4) is 0 Å². The minimum absolute atomic E-state index is 0.0724. The van der Waals surface area contributed by atoms with Crippen LogP contribution in [0.25, 0.3) is 5.65 Å². The smallest absolute Gasteiger partial charge is 0.223 e. The lowest BCUT2D eigenvalue weighted by molar-refractivity contribution is -0.128. The number of carbonyl (C=O) groups is 1. The van der Waals surface area contributed by atoms with Crippen LogP contribution < -0.4 is 10.6 Å². The SMILES string of the molecule is CC(C)c1nnc2c(NCc3ccccc3)cc(NCCC(=O)N(C)C)nn12. The minimum Gasteiger partial charge on any atom is -0.378 e. The number of benzene rings is 1. The zero-order valence-corrected chi connectivity index (χ0v) is 16.8. The molecule has 28 heavy (non-hydrogen) atoms. The van der Waals surface area contributed by atoms with Gasteiger partial charge in [0.05, 0.1) is 5.69 Å². The predicted octanol–water partition coefficient (Wildman–Crippen LogP) is 2.75. The Morgan fingerprint density at radius 3 is 2.57 bits per heavy atom. The molecule has 0 bridgehead atoms. The molecule has 0 saturated carbocycles. The van der Waals surface area contributed by atoms with Crippen LogP contribution in [-0.2, 0) is 11.3 Å². The van der Waals surface area contributed by atoms with E-state index in [-0.39, 0.29) is 11.8 Å². The molecule has 1 amide bonds. The number of carbonyl (C=O) groups excluding carboxylic acids is 1. The van der Waals surface area contributed by atoms with E-state index in [9.17, 15) is 4.79 Å². The molecule has 0 spiro atoms. The van der Waals surface area contributed by atoms with E-state index >= 15 is 0 Å². The van der Waals surface area contributed by atoms with Gasteiger partial charge >= 0.3 is 0 Å². The Balaban J connectivity index is 1.84. The Morgan fingerprint density at radius 2 is 1.89 bits per heavy atom. The summed E-state index contributed by atoms with van der Waals surface area (Å²) in [6.07, 6.45) is 0.401. The zero-order chi connectivity index (χ0) is 20.1. The molecule has 0 aliphatic rings. The molecule has 3 rings (SSSR count). The second-order valence-corrected chi connectivity index (χ2v) is 7.20. The Kier molecular flexibility index (Phi) is 6.08. The third-order valence-corrected chi connectivity index (χ3v) is 4.38. The van der Waals surface area contributed by atoms with Gasteiger partial charge in [0, 0.05) is 45.6 Å². The van der Waals surface area contributed by atoms with Crippen molar-refractivity contribution in [2.24, 2.45) is 0 Å². The van der Waals surface area contributed by atoms with E-state index < -0.39 is 0 Å². The molecule has 2 aromatic heterocycles. The summed E-state index contributed by atoms with van der Waals surface area (Å²) < 4.78 is 1.77. The highest BCUT2D eigenvalue weighted by atomic mass is 16.2. The van der Waals surface area contributed by atoms with Gasteiger partial charge in [-0.25, -0.2) is 0 Å². The normalized spacial score (nSPS) is 11.0. The zero-order valence-electron chi connectivity index (χ0n) is 16.8. The molecular formula is C20H27N7O. The summed E-state index contributed by atoms with van der Waals surface area (Å²) in [4.78, 5) is 13.4. The molecule has 0 radical (unpaired) electrons. The van der Waals surface area contributed by atoms with Gasteiger partial charge in [-0.05, 0) is 5.56 Å². The first-order chi connectivity index (χ1) is 13.5. The fraction of sp³-hybridized carbons (Fsp3) is 0.400. The highest BCUT2D eigenvalue weighted by Crippen LogP contribution is 2.22. The van der Waals surface area contributed by atoms with Crippen LogP contribution in [0.5, 0.6) is 0 Å². The Bertz CT molecular complexity index is 934. The topological polar surface area (TPSA) is 87.4 Å². The third kappa shape index (κ3) is 4.57. The van der Waals surface area contributed by atoms with Crippen molar-refractivity contribution < 1.29 is 4.79 Å². The Labute approximate surface area is 165 Å². The Hall–Kier alpha value is -3.16. The standard InChI is InChI=1S/C20H27N7O/c1-14(2)19-23-24-20-16(22-13-15-8-6-5-7-9-15)12-17(25-27(19)20)21-11-10-18(28)26(3)4/h5-9,12,14,22H,10-11,13H2,1-4H3,(H,21,25). The van der Waals surface area contributed by atoms with Crippen molar-refractivity contribution in [2.75, 3.05) is 31.3 Å². The number of amides is 1. The molecule has 1 aromatic carbocycles. The van der Waals surface area contributed by atoms with Crippen molar-refractivity contribution in [3.63, 3.8) is 0 Å². The summed E-state index contributed by atoms with van der Waals surface area (Å²) in [5, 5.41) is 19.9. The average Bonchev–Trinajstić information content (AvgIpc) is 3.11. The first-order valence-electron chi connectivity index (χ1n) is 9.44. The highest BCUT2D eigenvalue weighted by molar-refractivity contribution is 5.76. The first kappa shape index (κ1) is 19.6. The summed E-state index contributed by atoms with van der Waals surface area (Å²) in [5.74, 6) is 1.74. The van der Waals surface area contributed by atoms with E-state index in [1.54, 1.807) is 23.5 Å². The van der Waals surface area contributed by atoms with Gasteiger partial charge in [0.25, 0.3) is 0 Å². The molecule has 2 N–H and O–H groups in total. The van der Waals surface area contributed by atoms with Crippen LogP contribution in [0.15, 0.2) is 36.4 Å². The molecule has 8 nitrogen and oxygen atoms in total. The van der Waals surface area contributed by atoms with Crippen LogP contribution in [0.1, 0.15) is 37.6 Å². The molecule has 0 aliphatic heterocycles. The monoisotopic (exact) mass is 381 g/mol. The van der Waals surface area contributed by atoms with Crippen molar-refractivity contribution in [3.05, 3.63) is 47.8 Å². The number of fused-ring (bicyclic) bond motifs is 1. The predicted molar refractivity (Wildman–Crippen MR) is 110 cm³/mol. The summed E-state index contributed by atoms with van der Waals surface area (Å²) in [5.41, 5.74) is 2.71. The average molecular weight is 381 g/mol. The van der Waals surface area contributed by atoms with Crippen LogP contribution in [0.3, 0.4) is 0 Å². The molecule has 0 fully saturated rings. The van der Waals surface area contributed by atoms with Gasteiger partial charge in [0.15, 0.2) is 5.82 Å². The maximum absolute atomic E-state index is 11.8. The number of hydrogen-bond donors (Lipinski definition) is 2. The summed E-state index contributed by atoms with van der Waals surface area (Å²) in [7, 11) is 3.51. The number of aromatic nitrogens is 4. The molecule has 0 atom stereocenters. The number of nitrogens with one attached hydrogen (secondary N) is 2. The van der Waals surface area contributed by atoms with E-state index in [0.29, 0.717) is 31.0 Å². The van der Waals surface area contributed by atoms with Gasteiger partial charge in [-0.15, -0.1) is 15.3 Å². The van der Waals surface area contributed by atoms with Crippen LogP contribution in [-0.4, -0.2) is 51.3 Å². The number of nitrogens with zero attached hydrogens (tertiary/aromatic N) is 5. The van der Waals surface area contributed by atoms with E-state index in [1.807, 2.05) is 24.3 Å². The van der Waals surface area contributed by atoms with Gasteiger partial charge in [0.1, 0.15) is 5.82 Å². The van der Waals surface area contributed by atoms with E-state index in [4.69, 9.17) is 0 Å². The highest BCUT2D eigenvalue weighted by Gasteiger charge is 2.15. The number of anilines is 2.